The largest absolute Gasteiger partial charge is 0.481 e. The van der Waals surface area contributed by atoms with Crippen LogP contribution in [0.1, 0.15) is 70.6 Å². The summed E-state index contributed by atoms with van der Waals surface area (Å²) in [4.78, 5) is 10.7. The highest BCUT2D eigenvalue weighted by Crippen LogP contribution is 2.57. The Morgan fingerprint density at radius 3 is 2.71 bits per heavy atom. The zero-order chi connectivity index (χ0) is 20.1. The van der Waals surface area contributed by atoms with E-state index in [9.17, 15) is 15.0 Å². The Morgan fingerprint density at radius 2 is 2.04 bits per heavy atom. The van der Waals surface area contributed by atoms with Crippen molar-refractivity contribution in [2.24, 2.45) is 17.8 Å². The summed E-state index contributed by atoms with van der Waals surface area (Å²) in [5.41, 5.74) is 0.927. The number of aliphatic carboxylic acids is 1. The highest BCUT2D eigenvalue weighted by molar-refractivity contribution is 5.66. The number of rotatable bonds is 8. The van der Waals surface area contributed by atoms with Crippen molar-refractivity contribution in [1.29, 1.82) is 0 Å². The van der Waals surface area contributed by atoms with Gasteiger partial charge in [-0.2, -0.15) is 0 Å². The molecule has 0 heterocycles. The van der Waals surface area contributed by atoms with Crippen LogP contribution in [0, 0.1) is 17.8 Å². The molecule has 3 saturated carbocycles. The van der Waals surface area contributed by atoms with Crippen molar-refractivity contribution < 1.29 is 24.9 Å². The van der Waals surface area contributed by atoms with Crippen molar-refractivity contribution in [2.45, 2.75) is 88.4 Å². The number of carboxylic acids is 1. The van der Waals surface area contributed by atoms with Gasteiger partial charge in [-0.25, -0.2) is 0 Å². The molecule has 3 fully saturated rings. The van der Waals surface area contributed by atoms with E-state index in [0.717, 1.165) is 32.1 Å². The first-order valence-corrected chi connectivity index (χ1v) is 11.0. The minimum Gasteiger partial charge on any atom is -0.481 e. The number of carbonyl (C=O) groups is 1. The fourth-order valence-electron chi connectivity index (χ4n) is 5.60. The van der Waals surface area contributed by atoms with Gasteiger partial charge < -0.3 is 20.1 Å². The molecular formula is C23H36O5. The fourth-order valence-corrected chi connectivity index (χ4v) is 5.60. The van der Waals surface area contributed by atoms with Crippen molar-refractivity contribution in [2.75, 3.05) is 7.11 Å². The molecule has 3 aliphatic carbocycles. The smallest absolute Gasteiger partial charge is 0.303 e. The van der Waals surface area contributed by atoms with Crippen LogP contribution in [0.2, 0.25) is 0 Å². The van der Waals surface area contributed by atoms with Gasteiger partial charge in [0.05, 0.1) is 17.8 Å². The Balaban J connectivity index is 1.64. The van der Waals surface area contributed by atoms with Crippen LogP contribution in [0.25, 0.3) is 0 Å². The SMILES string of the molecule is CO[C@@]12CC[C@H](O)[C@@H](C=CC(O)C3CCCCC3)[C@@H]1CC2=CCCCC(=O)O. The van der Waals surface area contributed by atoms with Crippen LogP contribution in [0.4, 0.5) is 0 Å². The number of methoxy groups -OCH3 is 1. The molecule has 158 valence electrons. The van der Waals surface area contributed by atoms with Crippen molar-refractivity contribution >= 4 is 5.97 Å². The normalized spacial score (nSPS) is 36.2. The van der Waals surface area contributed by atoms with Crippen LogP contribution in [0.5, 0.6) is 0 Å². The zero-order valence-electron chi connectivity index (χ0n) is 17.1. The number of aliphatic hydroxyl groups is 2. The molecule has 0 aromatic carbocycles. The Bertz CT molecular complexity index is 592. The number of ether oxygens (including phenoxy) is 1. The number of allylic oxidation sites excluding steroid dienone is 1. The third kappa shape index (κ3) is 4.52. The minimum absolute atomic E-state index is 0.00288. The monoisotopic (exact) mass is 392 g/mol. The number of carboxylic acid groups (broad SMARTS) is 1. The van der Waals surface area contributed by atoms with E-state index in [-0.39, 0.29) is 23.9 Å². The Kier molecular flexibility index (Phi) is 7.35. The van der Waals surface area contributed by atoms with Crippen LogP contribution in [-0.2, 0) is 9.53 Å². The molecule has 0 bridgehead atoms. The molecule has 0 spiro atoms. The number of unbranched alkanes of at least 4 members (excludes halogenated alkanes) is 1. The van der Waals surface area contributed by atoms with Gasteiger partial charge in [0.2, 0.25) is 0 Å². The summed E-state index contributed by atoms with van der Waals surface area (Å²) < 4.78 is 5.98. The second-order valence-corrected chi connectivity index (χ2v) is 8.88. The third-order valence-corrected chi connectivity index (χ3v) is 7.32. The average Bonchev–Trinajstić information content (AvgIpc) is 2.68. The average molecular weight is 393 g/mol. The minimum atomic E-state index is -0.756. The van der Waals surface area contributed by atoms with Gasteiger partial charge in [0.1, 0.15) is 0 Å². The second kappa shape index (κ2) is 9.55. The lowest BCUT2D eigenvalue weighted by atomic mass is 9.53. The van der Waals surface area contributed by atoms with Gasteiger partial charge in [-0.05, 0) is 56.4 Å². The fraction of sp³-hybridized carbons (Fsp3) is 0.783. The molecule has 0 aliphatic heterocycles. The lowest BCUT2D eigenvalue weighted by molar-refractivity contribution is -0.140. The Labute approximate surface area is 168 Å². The van der Waals surface area contributed by atoms with Gasteiger partial charge in [0.15, 0.2) is 0 Å². The maximum Gasteiger partial charge on any atom is 0.303 e. The first-order chi connectivity index (χ1) is 13.5. The molecule has 0 amide bonds. The third-order valence-electron chi connectivity index (χ3n) is 7.32. The molecule has 3 rings (SSSR count). The number of hydrogen-bond acceptors (Lipinski definition) is 4. The lowest BCUT2D eigenvalue weighted by Gasteiger charge is -2.58. The Morgan fingerprint density at radius 1 is 1.29 bits per heavy atom. The molecule has 0 radical (unpaired) electrons. The predicted octanol–water partition coefficient (Wildman–Crippen LogP) is 3.84. The first-order valence-electron chi connectivity index (χ1n) is 11.0. The van der Waals surface area contributed by atoms with Gasteiger partial charge in [-0.1, -0.05) is 37.5 Å². The van der Waals surface area contributed by atoms with Crippen molar-refractivity contribution in [3.8, 4) is 0 Å². The van der Waals surface area contributed by atoms with Crippen molar-refractivity contribution in [1.82, 2.24) is 0 Å². The van der Waals surface area contributed by atoms with Gasteiger partial charge >= 0.3 is 5.97 Å². The highest BCUT2D eigenvalue weighted by Gasteiger charge is 2.57. The molecule has 5 heteroatoms. The van der Waals surface area contributed by atoms with E-state index in [1.165, 1.54) is 24.8 Å². The first kappa shape index (κ1) is 21.5. The molecule has 5 atom stereocenters. The van der Waals surface area contributed by atoms with Crippen LogP contribution >= 0.6 is 0 Å². The van der Waals surface area contributed by atoms with E-state index in [0.29, 0.717) is 18.8 Å². The Hall–Kier alpha value is -1.17. The number of fused-ring (bicyclic) bond motifs is 1. The number of hydrogen-bond donors (Lipinski definition) is 3. The summed E-state index contributed by atoms with van der Waals surface area (Å²) in [6.45, 7) is 0. The van der Waals surface area contributed by atoms with E-state index < -0.39 is 18.2 Å². The zero-order valence-corrected chi connectivity index (χ0v) is 17.1. The summed E-state index contributed by atoms with van der Waals surface area (Å²) >= 11 is 0. The lowest BCUT2D eigenvalue weighted by Crippen LogP contribution is -2.59. The number of aliphatic hydroxyl groups excluding tert-OH is 2. The van der Waals surface area contributed by atoms with Gasteiger partial charge in [0, 0.05) is 25.4 Å². The van der Waals surface area contributed by atoms with E-state index in [1.807, 2.05) is 12.2 Å². The summed E-state index contributed by atoms with van der Waals surface area (Å²) in [5.74, 6) is -0.178. The van der Waals surface area contributed by atoms with E-state index in [1.54, 1.807) is 7.11 Å². The molecule has 28 heavy (non-hydrogen) atoms. The van der Waals surface area contributed by atoms with Crippen molar-refractivity contribution in [3.63, 3.8) is 0 Å². The summed E-state index contributed by atoms with van der Waals surface area (Å²) in [6.07, 6.45) is 15.1. The van der Waals surface area contributed by atoms with Gasteiger partial charge in [-0.3, -0.25) is 4.79 Å². The quantitative estimate of drug-likeness (QED) is 0.431. The van der Waals surface area contributed by atoms with E-state index >= 15 is 0 Å². The molecule has 3 N–H and O–H groups in total. The summed E-state index contributed by atoms with van der Waals surface area (Å²) in [7, 11) is 1.74. The summed E-state index contributed by atoms with van der Waals surface area (Å²) in [5, 5.41) is 30.0. The van der Waals surface area contributed by atoms with Crippen LogP contribution in [-0.4, -0.2) is 46.2 Å². The molecule has 0 aromatic rings. The topological polar surface area (TPSA) is 87.0 Å². The van der Waals surface area contributed by atoms with Crippen molar-refractivity contribution in [3.05, 3.63) is 23.8 Å². The molecule has 5 nitrogen and oxygen atoms in total. The van der Waals surface area contributed by atoms with Gasteiger partial charge in [0.25, 0.3) is 0 Å². The molecule has 3 aliphatic rings. The predicted molar refractivity (Wildman–Crippen MR) is 108 cm³/mol. The van der Waals surface area contributed by atoms with Crippen LogP contribution < -0.4 is 0 Å². The second-order valence-electron chi connectivity index (χ2n) is 8.88. The molecule has 1 unspecified atom stereocenters. The molecular weight excluding hydrogens is 356 g/mol. The van der Waals surface area contributed by atoms with E-state index in [4.69, 9.17) is 9.84 Å². The van der Waals surface area contributed by atoms with Crippen LogP contribution in [0.15, 0.2) is 23.8 Å². The van der Waals surface area contributed by atoms with Gasteiger partial charge in [-0.15, -0.1) is 0 Å². The summed E-state index contributed by atoms with van der Waals surface area (Å²) in [6, 6.07) is 0. The van der Waals surface area contributed by atoms with Crippen LogP contribution in [0.3, 0.4) is 0 Å². The highest BCUT2D eigenvalue weighted by atomic mass is 16.5. The molecule has 0 saturated heterocycles. The molecule has 0 aromatic heterocycles. The standard InChI is InChI=1S/C23H36O5/c1-28-23-14-13-21(25)18(11-12-20(24)16-7-3-2-4-8-16)19(23)15-17(23)9-5-6-10-22(26)27/h9,11-12,16,18-21,24-25H,2-8,10,13-15H2,1H3,(H,26,27)/t18-,19-,20?,21-,23+/m0/s1. The maximum atomic E-state index is 10.7. The maximum absolute atomic E-state index is 10.7. The van der Waals surface area contributed by atoms with E-state index in [2.05, 4.69) is 6.08 Å².